The topological polar surface area (TPSA) is 53.5 Å². The molecule has 25 heavy (non-hydrogen) atoms. The molecule has 1 saturated heterocycles. The van der Waals surface area contributed by atoms with Gasteiger partial charge >= 0.3 is 0 Å². The van der Waals surface area contributed by atoms with Gasteiger partial charge in [-0.25, -0.2) is 9.97 Å². The third kappa shape index (κ3) is 4.60. The van der Waals surface area contributed by atoms with E-state index in [1.165, 1.54) is 5.56 Å². The van der Waals surface area contributed by atoms with Crippen molar-refractivity contribution in [1.82, 2.24) is 14.9 Å². The van der Waals surface area contributed by atoms with E-state index in [0.29, 0.717) is 0 Å². The largest absolute Gasteiger partial charge is 0.497 e. The molecule has 0 atom stereocenters. The second kappa shape index (κ2) is 8.16. The highest BCUT2D eigenvalue weighted by Gasteiger charge is 2.17. The third-order valence-electron chi connectivity index (χ3n) is 4.60. The summed E-state index contributed by atoms with van der Waals surface area (Å²) in [5.74, 6) is 3.56. The molecular formula is C19H27N5O. The van der Waals surface area contributed by atoms with E-state index in [4.69, 9.17) is 4.74 Å². The minimum Gasteiger partial charge on any atom is -0.497 e. The molecule has 0 amide bonds. The fourth-order valence-corrected chi connectivity index (χ4v) is 3.03. The van der Waals surface area contributed by atoms with Crippen LogP contribution in [0.25, 0.3) is 0 Å². The number of aromatic nitrogens is 2. The molecule has 6 heteroatoms. The number of benzene rings is 1. The monoisotopic (exact) mass is 341 g/mol. The second-order valence-electron chi connectivity index (χ2n) is 6.28. The molecule has 1 aliphatic rings. The predicted octanol–water partition coefficient (Wildman–Crippen LogP) is 2.55. The summed E-state index contributed by atoms with van der Waals surface area (Å²) < 4.78 is 5.20. The summed E-state index contributed by atoms with van der Waals surface area (Å²) >= 11 is 0. The molecule has 0 aliphatic carbocycles. The van der Waals surface area contributed by atoms with Crippen LogP contribution >= 0.6 is 0 Å². The van der Waals surface area contributed by atoms with Gasteiger partial charge in [-0.1, -0.05) is 19.1 Å². The van der Waals surface area contributed by atoms with E-state index >= 15 is 0 Å². The van der Waals surface area contributed by atoms with Gasteiger partial charge in [0.2, 0.25) is 0 Å². The van der Waals surface area contributed by atoms with Gasteiger partial charge in [-0.05, 0) is 31.2 Å². The van der Waals surface area contributed by atoms with Crippen LogP contribution < -0.4 is 15.0 Å². The normalized spacial score (nSPS) is 15.2. The lowest BCUT2D eigenvalue weighted by molar-refractivity contribution is 0.270. The van der Waals surface area contributed by atoms with E-state index in [2.05, 4.69) is 50.2 Å². The van der Waals surface area contributed by atoms with Crippen molar-refractivity contribution in [3.05, 3.63) is 41.7 Å². The maximum Gasteiger partial charge on any atom is 0.134 e. The number of nitrogens with zero attached hydrogens (tertiary/aromatic N) is 4. The van der Waals surface area contributed by atoms with E-state index in [1.54, 1.807) is 7.11 Å². The number of rotatable bonds is 6. The smallest absolute Gasteiger partial charge is 0.134 e. The van der Waals surface area contributed by atoms with Crippen molar-refractivity contribution in [3.8, 4) is 5.75 Å². The molecule has 6 nitrogen and oxygen atoms in total. The Labute approximate surface area is 149 Å². The Kier molecular flexibility index (Phi) is 5.71. The Balaban J connectivity index is 1.64. The Morgan fingerprint density at radius 1 is 1.08 bits per heavy atom. The van der Waals surface area contributed by atoms with Crippen LogP contribution in [0.3, 0.4) is 0 Å². The molecule has 1 aliphatic heterocycles. The number of piperazine rings is 1. The number of likely N-dealkylation sites (N-methyl/N-ethyl adjacent to an activating group) is 1. The lowest BCUT2D eigenvalue weighted by atomic mass is 10.2. The first-order valence-electron chi connectivity index (χ1n) is 8.87. The van der Waals surface area contributed by atoms with Crippen LogP contribution in [0.15, 0.2) is 30.3 Å². The molecule has 0 spiro atoms. The molecule has 1 fully saturated rings. The molecule has 0 saturated carbocycles. The zero-order valence-corrected chi connectivity index (χ0v) is 15.3. The van der Waals surface area contributed by atoms with Crippen molar-refractivity contribution >= 4 is 11.6 Å². The van der Waals surface area contributed by atoms with Gasteiger partial charge in [0.15, 0.2) is 0 Å². The zero-order valence-electron chi connectivity index (χ0n) is 15.3. The zero-order chi connectivity index (χ0) is 17.6. The number of anilines is 2. The summed E-state index contributed by atoms with van der Waals surface area (Å²) in [6.07, 6.45) is 0. The third-order valence-corrected chi connectivity index (χ3v) is 4.60. The maximum absolute atomic E-state index is 5.20. The highest BCUT2D eigenvalue weighted by Crippen LogP contribution is 2.19. The molecule has 1 aromatic carbocycles. The summed E-state index contributed by atoms with van der Waals surface area (Å²) in [6, 6.07) is 10.1. The molecule has 0 bridgehead atoms. The molecule has 2 aromatic rings. The molecule has 134 valence electrons. The molecule has 0 unspecified atom stereocenters. The van der Waals surface area contributed by atoms with Gasteiger partial charge < -0.3 is 19.9 Å². The molecular weight excluding hydrogens is 314 g/mol. The van der Waals surface area contributed by atoms with Crippen LogP contribution in [0, 0.1) is 6.92 Å². The maximum atomic E-state index is 5.20. The van der Waals surface area contributed by atoms with Crippen molar-refractivity contribution < 1.29 is 4.74 Å². The number of hydrogen-bond acceptors (Lipinski definition) is 6. The van der Waals surface area contributed by atoms with Crippen LogP contribution in [-0.4, -0.2) is 54.7 Å². The van der Waals surface area contributed by atoms with Crippen molar-refractivity contribution in [3.63, 3.8) is 0 Å². The molecule has 1 N–H and O–H groups in total. The lowest BCUT2D eigenvalue weighted by Crippen LogP contribution is -2.46. The predicted molar refractivity (Wildman–Crippen MR) is 101 cm³/mol. The van der Waals surface area contributed by atoms with Crippen LogP contribution in [0.5, 0.6) is 5.75 Å². The number of aryl methyl sites for hydroxylation is 1. The average Bonchev–Trinajstić information content (AvgIpc) is 2.66. The molecule has 2 heterocycles. The van der Waals surface area contributed by atoms with Gasteiger partial charge in [-0.2, -0.15) is 0 Å². The Morgan fingerprint density at radius 2 is 1.80 bits per heavy atom. The average molecular weight is 341 g/mol. The standard InChI is InChI=1S/C19H27N5O/c1-4-23-9-11-24(12-10-23)19-13-18(21-15(2)22-19)20-14-16-5-7-17(25-3)8-6-16/h5-8,13H,4,9-12,14H2,1-3H3,(H,20,21,22). The van der Waals surface area contributed by atoms with Crippen molar-refractivity contribution in [1.29, 1.82) is 0 Å². The van der Waals surface area contributed by atoms with E-state index in [0.717, 1.165) is 62.5 Å². The summed E-state index contributed by atoms with van der Waals surface area (Å²) in [5.41, 5.74) is 1.19. The fraction of sp³-hybridized carbons (Fsp3) is 0.474. The summed E-state index contributed by atoms with van der Waals surface area (Å²) in [4.78, 5) is 14.0. The number of nitrogens with one attached hydrogen (secondary N) is 1. The fourth-order valence-electron chi connectivity index (χ4n) is 3.03. The molecule has 0 radical (unpaired) electrons. The summed E-state index contributed by atoms with van der Waals surface area (Å²) in [5, 5.41) is 3.41. The molecule has 1 aromatic heterocycles. The van der Waals surface area contributed by atoms with Crippen molar-refractivity contribution in [2.24, 2.45) is 0 Å². The highest BCUT2D eigenvalue weighted by atomic mass is 16.5. The van der Waals surface area contributed by atoms with Gasteiger partial charge in [0.1, 0.15) is 23.2 Å². The van der Waals surface area contributed by atoms with E-state index in [-0.39, 0.29) is 0 Å². The van der Waals surface area contributed by atoms with Crippen LogP contribution in [0.2, 0.25) is 0 Å². The summed E-state index contributed by atoms with van der Waals surface area (Å²) in [6.45, 7) is 10.2. The van der Waals surface area contributed by atoms with Gasteiger partial charge in [-0.15, -0.1) is 0 Å². The Bertz CT molecular complexity index is 681. The second-order valence-corrected chi connectivity index (χ2v) is 6.28. The first kappa shape index (κ1) is 17.5. The van der Waals surface area contributed by atoms with E-state index < -0.39 is 0 Å². The number of ether oxygens (including phenoxy) is 1. The number of methoxy groups -OCH3 is 1. The van der Waals surface area contributed by atoms with Crippen molar-refractivity contribution in [2.45, 2.75) is 20.4 Å². The van der Waals surface area contributed by atoms with Crippen molar-refractivity contribution in [2.75, 3.05) is 50.1 Å². The van der Waals surface area contributed by atoms with Gasteiger partial charge in [-0.3, -0.25) is 0 Å². The molecule has 3 rings (SSSR count). The highest BCUT2D eigenvalue weighted by molar-refractivity contribution is 5.50. The van der Waals surface area contributed by atoms with Crippen LogP contribution in [-0.2, 0) is 6.54 Å². The summed E-state index contributed by atoms with van der Waals surface area (Å²) in [7, 11) is 1.68. The Hall–Kier alpha value is -2.34. The van der Waals surface area contributed by atoms with Gasteiger partial charge in [0.05, 0.1) is 7.11 Å². The minimum absolute atomic E-state index is 0.726. The quantitative estimate of drug-likeness (QED) is 0.871. The van der Waals surface area contributed by atoms with Crippen LogP contribution in [0.4, 0.5) is 11.6 Å². The van der Waals surface area contributed by atoms with E-state index in [1.807, 2.05) is 19.1 Å². The number of hydrogen-bond donors (Lipinski definition) is 1. The van der Waals surface area contributed by atoms with Gasteiger partial charge in [0, 0.05) is 38.8 Å². The SMILES string of the molecule is CCN1CCN(c2cc(NCc3ccc(OC)cc3)nc(C)n2)CC1. The lowest BCUT2D eigenvalue weighted by Gasteiger charge is -2.34. The Morgan fingerprint density at radius 3 is 2.44 bits per heavy atom. The first-order valence-corrected chi connectivity index (χ1v) is 8.87. The first-order chi connectivity index (χ1) is 12.2. The van der Waals surface area contributed by atoms with E-state index in [9.17, 15) is 0 Å². The van der Waals surface area contributed by atoms with Gasteiger partial charge in [0.25, 0.3) is 0 Å². The van der Waals surface area contributed by atoms with Crippen LogP contribution in [0.1, 0.15) is 18.3 Å². The minimum atomic E-state index is 0.726.